The maximum absolute atomic E-state index is 12.5. The number of piperidine rings is 1. The third-order valence-corrected chi connectivity index (χ3v) is 4.49. The first-order valence-electron chi connectivity index (χ1n) is 6.39. The van der Waals surface area contributed by atoms with Crippen LogP contribution in [0.3, 0.4) is 0 Å². The second-order valence-electron chi connectivity index (χ2n) is 5.13. The van der Waals surface area contributed by atoms with Crippen molar-refractivity contribution in [3.63, 3.8) is 0 Å². The van der Waals surface area contributed by atoms with Crippen LogP contribution in [0, 0.1) is 0 Å². The Morgan fingerprint density at radius 2 is 1.95 bits per heavy atom. The van der Waals surface area contributed by atoms with E-state index in [-0.39, 0.29) is 5.91 Å². The molecule has 1 unspecified atom stereocenters. The number of nitrogens with zero attached hydrogens (tertiary/aromatic N) is 2. The van der Waals surface area contributed by atoms with E-state index >= 15 is 0 Å². The first-order chi connectivity index (χ1) is 8.97. The molecule has 0 aliphatic carbocycles. The SMILES string of the molecule is CN1CCCC(N(C)C(=O)c2cc(Br)cc(Br)c2)C1. The first kappa shape index (κ1) is 15.0. The molecular formula is C14H18Br2N2O. The molecule has 1 amide bonds. The van der Waals surface area contributed by atoms with Crippen LogP contribution < -0.4 is 0 Å². The van der Waals surface area contributed by atoms with E-state index in [0.717, 1.165) is 40.4 Å². The lowest BCUT2D eigenvalue weighted by Crippen LogP contribution is -2.47. The van der Waals surface area contributed by atoms with Gasteiger partial charge in [-0.1, -0.05) is 31.9 Å². The minimum atomic E-state index is 0.0855. The number of hydrogen-bond donors (Lipinski definition) is 0. The van der Waals surface area contributed by atoms with E-state index in [2.05, 4.69) is 43.8 Å². The zero-order valence-electron chi connectivity index (χ0n) is 11.2. The predicted octanol–water partition coefficient (Wildman–Crippen LogP) is 3.38. The molecule has 104 valence electrons. The lowest BCUT2D eigenvalue weighted by atomic mass is 10.0. The number of carbonyl (C=O) groups excluding carboxylic acids is 1. The minimum absolute atomic E-state index is 0.0855. The fourth-order valence-electron chi connectivity index (χ4n) is 2.50. The van der Waals surface area contributed by atoms with E-state index in [0.29, 0.717) is 6.04 Å². The van der Waals surface area contributed by atoms with Gasteiger partial charge in [0.2, 0.25) is 0 Å². The monoisotopic (exact) mass is 388 g/mol. The van der Waals surface area contributed by atoms with E-state index in [1.165, 1.54) is 0 Å². The van der Waals surface area contributed by atoms with Crippen molar-refractivity contribution in [3.05, 3.63) is 32.7 Å². The van der Waals surface area contributed by atoms with Crippen molar-refractivity contribution in [1.29, 1.82) is 0 Å². The summed E-state index contributed by atoms with van der Waals surface area (Å²) in [7, 11) is 4.02. The number of rotatable bonds is 2. The van der Waals surface area contributed by atoms with Crippen LogP contribution in [-0.2, 0) is 0 Å². The van der Waals surface area contributed by atoms with Gasteiger partial charge in [0.05, 0.1) is 0 Å². The van der Waals surface area contributed by atoms with Gasteiger partial charge in [0, 0.05) is 34.1 Å². The van der Waals surface area contributed by atoms with Gasteiger partial charge in [-0.3, -0.25) is 4.79 Å². The Morgan fingerprint density at radius 3 is 2.53 bits per heavy atom. The van der Waals surface area contributed by atoms with Crippen LogP contribution in [0.25, 0.3) is 0 Å². The first-order valence-corrected chi connectivity index (χ1v) is 7.98. The van der Waals surface area contributed by atoms with Crippen LogP contribution in [0.4, 0.5) is 0 Å². The maximum Gasteiger partial charge on any atom is 0.253 e. The highest BCUT2D eigenvalue weighted by molar-refractivity contribution is 9.11. The normalized spacial score (nSPS) is 20.3. The van der Waals surface area contributed by atoms with E-state index in [1.54, 1.807) is 0 Å². The number of hydrogen-bond acceptors (Lipinski definition) is 2. The third kappa shape index (κ3) is 3.80. The fraction of sp³-hybridized carbons (Fsp3) is 0.500. The zero-order valence-corrected chi connectivity index (χ0v) is 14.4. The Hall–Kier alpha value is -0.390. The van der Waals surface area contributed by atoms with Crippen LogP contribution in [-0.4, -0.2) is 48.9 Å². The Labute approximate surface area is 131 Å². The molecule has 5 heteroatoms. The summed E-state index contributed by atoms with van der Waals surface area (Å²) in [6.07, 6.45) is 2.24. The molecular weight excluding hydrogens is 372 g/mol. The van der Waals surface area contributed by atoms with Crippen molar-refractivity contribution in [2.24, 2.45) is 0 Å². The quantitative estimate of drug-likeness (QED) is 0.774. The lowest BCUT2D eigenvalue weighted by molar-refractivity contribution is 0.0644. The summed E-state index contributed by atoms with van der Waals surface area (Å²) >= 11 is 6.85. The lowest BCUT2D eigenvalue weighted by Gasteiger charge is -2.35. The van der Waals surface area contributed by atoms with Gasteiger partial charge in [-0.2, -0.15) is 0 Å². The molecule has 0 aromatic heterocycles. The average molecular weight is 390 g/mol. The molecule has 0 N–H and O–H groups in total. The number of amides is 1. The van der Waals surface area contributed by atoms with E-state index in [9.17, 15) is 4.79 Å². The van der Waals surface area contributed by atoms with Gasteiger partial charge in [0.1, 0.15) is 0 Å². The zero-order chi connectivity index (χ0) is 14.0. The Morgan fingerprint density at radius 1 is 1.32 bits per heavy atom. The van der Waals surface area contributed by atoms with Gasteiger partial charge in [0.15, 0.2) is 0 Å². The van der Waals surface area contributed by atoms with Crippen molar-refractivity contribution in [1.82, 2.24) is 9.80 Å². The maximum atomic E-state index is 12.5. The van der Waals surface area contributed by atoms with Gasteiger partial charge in [0.25, 0.3) is 5.91 Å². The van der Waals surface area contributed by atoms with Crippen LogP contribution in [0.1, 0.15) is 23.2 Å². The topological polar surface area (TPSA) is 23.6 Å². The fourth-order valence-corrected chi connectivity index (χ4v) is 3.80. The molecule has 19 heavy (non-hydrogen) atoms. The highest BCUT2D eigenvalue weighted by atomic mass is 79.9. The van der Waals surface area contributed by atoms with Crippen LogP contribution in [0.5, 0.6) is 0 Å². The molecule has 1 aromatic carbocycles. The van der Waals surface area contributed by atoms with Gasteiger partial charge in [-0.05, 0) is 44.6 Å². The molecule has 0 bridgehead atoms. The number of likely N-dealkylation sites (N-methyl/N-ethyl adjacent to an activating group) is 2. The standard InChI is InChI=1S/C14H18Br2N2O/c1-17-5-3-4-13(9-17)18(2)14(19)10-6-11(15)8-12(16)7-10/h6-8,13H,3-5,9H2,1-2H3. The van der Waals surface area contributed by atoms with Crippen molar-refractivity contribution in [2.45, 2.75) is 18.9 Å². The smallest absolute Gasteiger partial charge is 0.253 e. The summed E-state index contributed by atoms with van der Waals surface area (Å²) in [6.45, 7) is 2.08. The minimum Gasteiger partial charge on any atom is -0.337 e. The van der Waals surface area contributed by atoms with E-state index < -0.39 is 0 Å². The predicted molar refractivity (Wildman–Crippen MR) is 84.5 cm³/mol. The number of carbonyl (C=O) groups is 1. The van der Waals surface area contributed by atoms with Gasteiger partial charge in [-0.25, -0.2) is 0 Å². The molecule has 1 saturated heterocycles. The molecule has 1 atom stereocenters. The Kier molecular flexibility index (Phi) is 5.03. The van der Waals surface area contributed by atoms with Crippen molar-refractivity contribution >= 4 is 37.8 Å². The average Bonchev–Trinajstić information content (AvgIpc) is 2.36. The molecule has 1 aromatic rings. The highest BCUT2D eigenvalue weighted by Crippen LogP contribution is 2.22. The molecule has 1 heterocycles. The largest absolute Gasteiger partial charge is 0.337 e. The molecule has 2 rings (SSSR count). The summed E-state index contributed by atoms with van der Waals surface area (Å²) in [5, 5.41) is 0. The Bertz CT molecular complexity index is 458. The molecule has 0 radical (unpaired) electrons. The highest BCUT2D eigenvalue weighted by Gasteiger charge is 2.25. The van der Waals surface area contributed by atoms with E-state index in [1.807, 2.05) is 30.1 Å². The van der Waals surface area contributed by atoms with Crippen LogP contribution >= 0.6 is 31.9 Å². The summed E-state index contributed by atoms with van der Waals surface area (Å²) in [5.41, 5.74) is 0.719. The van der Waals surface area contributed by atoms with Crippen molar-refractivity contribution in [3.8, 4) is 0 Å². The second-order valence-corrected chi connectivity index (χ2v) is 6.96. The summed E-state index contributed by atoms with van der Waals surface area (Å²) in [4.78, 5) is 16.7. The van der Waals surface area contributed by atoms with Crippen molar-refractivity contribution in [2.75, 3.05) is 27.2 Å². The van der Waals surface area contributed by atoms with E-state index in [4.69, 9.17) is 0 Å². The van der Waals surface area contributed by atoms with Crippen LogP contribution in [0.15, 0.2) is 27.1 Å². The van der Waals surface area contributed by atoms with Crippen LogP contribution in [0.2, 0.25) is 0 Å². The Balaban J connectivity index is 2.13. The van der Waals surface area contributed by atoms with Gasteiger partial charge < -0.3 is 9.80 Å². The number of likely N-dealkylation sites (tertiary alicyclic amines) is 1. The molecule has 0 spiro atoms. The number of halogens is 2. The summed E-state index contributed by atoms with van der Waals surface area (Å²) < 4.78 is 1.83. The molecule has 3 nitrogen and oxygen atoms in total. The summed E-state index contributed by atoms with van der Waals surface area (Å²) in [5.74, 6) is 0.0855. The summed E-state index contributed by atoms with van der Waals surface area (Å²) in [6, 6.07) is 5.99. The molecule has 1 fully saturated rings. The molecule has 0 saturated carbocycles. The molecule has 1 aliphatic heterocycles. The number of benzene rings is 1. The molecule has 1 aliphatic rings. The van der Waals surface area contributed by atoms with Crippen molar-refractivity contribution < 1.29 is 4.79 Å². The van der Waals surface area contributed by atoms with Gasteiger partial charge in [-0.15, -0.1) is 0 Å². The van der Waals surface area contributed by atoms with Gasteiger partial charge >= 0.3 is 0 Å². The second kappa shape index (κ2) is 6.37. The third-order valence-electron chi connectivity index (χ3n) is 3.58.